The molecular formula is C9H5Br2F3O. The van der Waals surface area contributed by atoms with Crippen molar-refractivity contribution in [2.24, 2.45) is 0 Å². The molecule has 0 heterocycles. The number of hydrogen-bond donors (Lipinski definition) is 0. The molecule has 0 aliphatic carbocycles. The Labute approximate surface area is 101 Å². The number of halogens is 5. The third-order valence-electron chi connectivity index (χ3n) is 1.74. The second-order valence-electron chi connectivity index (χ2n) is 2.87. The Morgan fingerprint density at radius 1 is 1.27 bits per heavy atom. The maximum Gasteiger partial charge on any atom is 0.417 e. The summed E-state index contributed by atoms with van der Waals surface area (Å²) in [4.78, 5) is 11.0. The number of carbonyl (C=O) groups is 1. The van der Waals surface area contributed by atoms with Gasteiger partial charge in [-0.2, -0.15) is 13.2 Å². The third-order valence-corrected chi connectivity index (χ3v) is 3.75. The van der Waals surface area contributed by atoms with Crippen LogP contribution in [-0.2, 0) is 6.18 Å². The Balaban J connectivity index is 3.45. The number of benzene rings is 1. The van der Waals surface area contributed by atoms with Crippen LogP contribution in [0, 0.1) is 0 Å². The average molecular weight is 346 g/mol. The molecule has 1 aromatic carbocycles. The first-order valence-corrected chi connectivity index (χ1v) is 5.39. The summed E-state index contributed by atoms with van der Waals surface area (Å²) in [6, 6.07) is 2.18. The molecule has 0 fully saturated rings. The topological polar surface area (TPSA) is 17.1 Å². The van der Waals surface area contributed by atoms with E-state index in [0.29, 0.717) is 0 Å². The van der Waals surface area contributed by atoms with Crippen LogP contribution in [0.25, 0.3) is 0 Å². The molecule has 1 aromatic rings. The zero-order valence-corrected chi connectivity index (χ0v) is 10.6. The molecular weight excluding hydrogens is 341 g/mol. The van der Waals surface area contributed by atoms with Crippen LogP contribution >= 0.6 is 31.9 Å². The number of ketones is 1. The molecule has 1 rings (SSSR count). The Morgan fingerprint density at radius 3 is 2.20 bits per heavy atom. The second kappa shape index (κ2) is 4.25. The fraction of sp³-hybridized carbons (Fsp3) is 0.222. The highest BCUT2D eigenvalue weighted by Crippen LogP contribution is 2.39. The zero-order valence-electron chi connectivity index (χ0n) is 7.45. The Morgan fingerprint density at radius 2 is 1.80 bits per heavy atom. The van der Waals surface area contributed by atoms with Crippen molar-refractivity contribution in [2.75, 3.05) is 0 Å². The van der Waals surface area contributed by atoms with Gasteiger partial charge in [0.05, 0.1) is 5.56 Å². The minimum Gasteiger partial charge on any atom is -0.295 e. The standard InChI is InChI=1S/C9H5Br2F3O/c1-4(15)5-2-6(9(12,13)14)8(11)7(10)3-5/h2-3H,1H3. The third kappa shape index (κ3) is 2.81. The second-order valence-corrected chi connectivity index (χ2v) is 4.52. The van der Waals surface area contributed by atoms with E-state index in [1.54, 1.807) is 0 Å². The van der Waals surface area contributed by atoms with Gasteiger partial charge < -0.3 is 0 Å². The Hall–Kier alpha value is -0.360. The number of rotatable bonds is 1. The molecule has 15 heavy (non-hydrogen) atoms. The fourth-order valence-corrected chi connectivity index (χ4v) is 1.91. The van der Waals surface area contributed by atoms with Gasteiger partial charge in [0, 0.05) is 14.5 Å². The van der Waals surface area contributed by atoms with Gasteiger partial charge >= 0.3 is 6.18 Å². The van der Waals surface area contributed by atoms with Gasteiger partial charge in [-0.3, -0.25) is 4.79 Å². The molecule has 6 heteroatoms. The normalized spacial score (nSPS) is 11.6. The molecule has 0 spiro atoms. The van der Waals surface area contributed by atoms with Crippen molar-refractivity contribution < 1.29 is 18.0 Å². The van der Waals surface area contributed by atoms with Crippen LogP contribution in [0.5, 0.6) is 0 Å². The van der Waals surface area contributed by atoms with Crippen molar-refractivity contribution in [2.45, 2.75) is 13.1 Å². The summed E-state index contributed by atoms with van der Waals surface area (Å²) in [7, 11) is 0. The van der Waals surface area contributed by atoms with Gasteiger partial charge in [-0.05, 0) is 50.9 Å². The predicted octanol–water partition coefficient (Wildman–Crippen LogP) is 4.43. The zero-order chi connectivity index (χ0) is 11.8. The van der Waals surface area contributed by atoms with E-state index in [1.807, 2.05) is 0 Å². The van der Waals surface area contributed by atoms with Crippen LogP contribution in [0.3, 0.4) is 0 Å². The Bertz CT molecular complexity index is 413. The van der Waals surface area contributed by atoms with Crippen molar-refractivity contribution in [3.8, 4) is 0 Å². The van der Waals surface area contributed by atoms with Crippen molar-refractivity contribution in [3.05, 3.63) is 32.2 Å². The van der Waals surface area contributed by atoms with Crippen LogP contribution in [0.4, 0.5) is 13.2 Å². The highest BCUT2D eigenvalue weighted by molar-refractivity contribution is 9.13. The molecule has 0 aliphatic rings. The SMILES string of the molecule is CC(=O)c1cc(Br)c(Br)c(C(F)(F)F)c1. The van der Waals surface area contributed by atoms with Gasteiger partial charge in [-0.1, -0.05) is 0 Å². The molecule has 0 N–H and O–H groups in total. The number of Topliss-reactive ketones (excluding diaryl/α,β-unsaturated/α-hetero) is 1. The molecule has 1 nitrogen and oxygen atoms in total. The molecule has 0 aliphatic heterocycles. The van der Waals surface area contributed by atoms with Gasteiger partial charge in [0.2, 0.25) is 0 Å². The van der Waals surface area contributed by atoms with E-state index in [1.165, 1.54) is 13.0 Å². The highest BCUT2D eigenvalue weighted by Gasteiger charge is 2.34. The number of carbonyl (C=O) groups excluding carboxylic acids is 1. The summed E-state index contributed by atoms with van der Waals surface area (Å²) in [6.45, 7) is 1.22. The molecule has 0 amide bonds. The summed E-state index contributed by atoms with van der Waals surface area (Å²) in [6.07, 6.45) is -4.48. The summed E-state index contributed by atoms with van der Waals surface area (Å²) in [5.41, 5.74) is -0.834. The lowest BCUT2D eigenvalue weighted by Gasteiger charge is -2.11. The lowest BCUT2D eigenvalue weighted by Crippen LogP contribution is -2.08. The van der Waals surface area contributed by atoms with Crippen LogP contribution in [0.15, 0.2) is 21.1 Å². The average Bonchev–Trinajstić information content (AvgIpc) is 2.06. The molecule has 0 bridgehead atoms. The number of hydrogen-bond acceptors (Lipinski definition) is 1. The van der Waals surface area contributed by atoms with E-state index in [9.17, 15) is 18.0 Å². The van der Waals surface area contributed by atoms with E-state index in [2.05, 4.69) is 31.9 Å². The minimum atomic E-state index is -4.48. The van der Waals surface area contributed by atoms with Crippen LogP contribution in [-0.4, -0.2) is 5.78 Å². The largest absolute Gasteiger partial charge is 0.417 e. The van der Waals surface area contributed by atoms with E-state index >= 15 is 0 Å². The maximum absolute atomic E-state index is 12.5. The quantitative estimate of drug-likeness (QED) is 0.688. The first-order chi connectivity index (χ1) is 6.73. The predicted molar refractivity (Wildman–Crippen MR) is 56.8 cm³/mol. The van der Waals surface area contributed by atoms with Crippen molar-refractivity contribution in [1.82, 2.24) is 0 Å². The molecule has 0 saturated carbocycles. The lowest BCUT2D eigenvalue weighted by atomic mass is 10.1. The van der Waals surface area contributed by atoms with Gasteiger partial charge in [0.15, 0.2) is 5.78 Å². The van der Waals surface area contributed by atoms with Crippen LogP contribution in [0.1, 0.15) is 22.8 Å². The Kier molecular flexibility index (Phi) is 3.60. The van der Waals surface area contributed by atoms with Crippen molar-refractivity contribution in [3.63, 3.8) is 0 Å². The van der Waals surface area contributed by atoms with Crippen molar-refractivity contribution in [1.29, 1.82) is 0 Å². The van der Waals surface area contributed by atoms with Gasteiger partial charge in [0.25, 0.3) is 0 Å². The fourth-order valence-electron chi connectivity index (χ4n) is 0.999. The maximum atomic E-state index is 12.5. The molecule has 0 saturated heterocycles. The highest BCUT2D eigenvalue weighted by atomic mass is 79.9. The molecule has 0 radical (unpaired) electrons. The number of alkyl halides is 3. The van der Waals surface area contributed by atoms with E-state index in [-0.39, 0.29) is 14.5 Å². The molecule has 0 atom stereocenters. The first-order valence-electron chi connectivity index (χ1n) is 3.80. The minimum absolute atomic E-state index is 0.0254. The van der Waals surface area contributed by atoms with Crippen molar-refractivity contribution >= 4 is 37.6 Å². The monoisotopic (exact) mass is 344 g/mol. The van der Waals surface area contributed by atoms with Gasteiger partial charge in [-0.15, -0.1) is 0 Å². The summed E-state index contributed by atoms with van der Waals surface area (Å²) < 4.78 is 37.6. The van der Waals surface area contributed by atoms with Gasteiger partial charge in [-0.25, -0.2) is 0 Å². The van der Waals surface area contributed by atoms with E-state index in [0.717, 1.165) is 6.07 Å². The summed E-state index contributed by atoms with van der Waals surface area (Å²) >= 11 is 5.78. The summed E-state index contributed by atoms with van der Waals surface area (Å²) in [5.74, 6) is -0.409. The smallest absolute Gasteiger partial charge is 0.295 e. The summed E-state index contributed by atoms with van der Waals surface area (Å²) in [5, 5.41) is 0. The first kappa shape index (κ1) is 12.7. The van der Waals surface area contributed by atoms with E-state index < -0.39 is 17.5 Å². The lowest BCUT2D eigenvalue weighted by molar-refractivity contribution is -0.138. The van der Waals surface area contributed by atoms with Gasteiger partial charge in [0.1, 0.15) is 0 Å². The molecule has 82 valence electrons. The van der Waals surface area contributed by atoms with E-state index in [4.69, 9.17) is 0 Å². The van der Waals surface area contributed by atoms with Crippen LogP contribution in [0.2, 0.25) is 0 Å². The molecule has 0 unspecified atom stereocenters. The van der Waals surface area contributed by atoms with Crippen LogP contribution < -0.4 is 0 Å². The molecule has 0 aromatic heterocycles.